The summed E-state index contributed by atoms with van der Waals surface area (Å²) in [7, 11) is 0. The number of nitriles is 1. The van der Waals surface area contributed by atoms with Crippen molar-refractivity contribution >= 4 is 21.6 Å². The molecule has 3 rings (SSSR count). The molecule has 0 aliphatic carbocycles. The lowest BCUT2D eigenvalue weighted by atomic mass is 9.91. The van der Waals surface area contributed by atoms with Gasteiger partial charge in [0.15, 0.2) is 0 Å². The van der Waals surface area contributed by atoms with Crippen LogP contribution >= 0.6 is 15.9 Å². The third kappa shape index (κ3) is 2.55. The van der Waals surface area contributed by atoms with Crippen LogP contribution in [-0.4, -0.2) is 13.1 Å². The molecule has 1 heterocycles. The number of benzene rings is 2. The zero-order chi connectivity index (χ0) is 14.8. The molecule has 0 fully saturated rings. The maximum atomic E-state index is 9.40. The molecule has 1 aliphatic rings. The molecule has 106 valence electrons. The fourth-order valence-corrected chi connectivity index (χ4v) is 3.40. The Morgan fingerprint density at radius 2 is 2.10 bits per heavy atom. The first-order chi connectivity index (χ1) is 10.2. The first kappa shape index (κ1) is 14.1. The van der Waals surface area contributed by atoms with Crippen LogP contribution in [0.25, 0.3) is 0 Å². The molecule has 2 N–H and O–H groups in total. The maximum absolute atomic E-state index is 9.40. The first-order valence-electron chi connectivity index (χ1n) is 6.98. The molecule has 0 radical (unpaired) electrons. The predicted molar refractivity (Wildman–Crippen MR) is 88.1 cm³/mol. The number of fused-ring (bicyclic) bond motifs is 1. The van der Waals surface area contributed by atoms with E-state index in [0.29, 0.717) is 12.1 Å². The Morgan fingerprint density at radius 3 is 2.86 bits per heavy atom. The van der Waals surface area contributed by atoms with E-state index < -0.39 is 0 Å². The minimum absolute atomic E-state index is 0.128. The van der Waals surface area contributed by atoms with Gasteiger partial charge in [0.1, 0.15) is 6.07 Å². The summed E-state index contributed by atoms with van der Waals surface area (Å²) in [6.07, 6.45) is 0.980. The molecular formula is C17H16BrN3. The molecule has 0 bridgehead atoms. The zero-order valence-corrected chi connectivity index (χ0v) is 13.2. The Kier molecular flexibility index (Phi) is 3.96. The number of hydrogen-bond donors (Lipinski definition) is 1. The number of halogens is 1. The van der Waals surface area contributed by atoms with E-state index in [2.05, 4.69) is 51.2 Å². The van der Waals surface area contributed by atoms with Crippen molar-refractivity contribution in [3.63, 3.8) is 0 Å². The van der Waals surface area contributed by atoms with Crippen LogP contribution in [0.5, 0.6) is 0 Å². The molecule has 0 saturated carbocycles. The summed E-state index contributed by atoms with van der Waals surface area (Å²) in [5.74, 6) is 0. The van der Waals surface area contributed by atoms with Crippen molar-refractivity contribution in [2.24, 2.45) is 5.73 Å². The summed E-state index contributed by atoms with van der Waals surface area (Å²) >= 11 is 3.42. The van der Waals surface area contributed by atoms with Crippen LogP contribution in [-0.2, 0) is 6.42 Å². The van der Waals surface area contributed by atoms with E-state index in [0.717, 1.165) is 23.1 Å². The molecule has 1 aliphatic heterocycles. The molecule has 21 heavy (non-hydrogen) atoms. The number of nitrogens with two attached hydrogens (primary N) is 1. The Balaban J connectivity index is 2.06. The van der Waals surface area contributed by atoms with Gasteiger partial charge in [-0.15, -0.1) is 0 Å². The molecule has 2 aromatic carbocycles. The third-order valence-electron chi connectivity index (χ3n) is 4.02. The van der Waals surface area contributed by atoms with E-state index >= 15 is 0 Å². The van der Waals surface area contributed by atoms with E-state index in [1.165, 1.54) is 11.1 Å². The second-order valence-corrected chi connectivity index (χ2v) is 6.08. The van der Waals surface area contributed by atoms with Gasteiger partial charge in [0.05, 0.1) is 17.3 Å². The van der Waals surface area contributed by atoms with Gasteiger partial charge in [0, 0.05) is 17.6 Å². The summed E-state index contributed by atoms with van der Waals surface area (Å²) in [5.41, 5.74) is 10.3. The lowest BCUT2D eigenvalue weighted by Crippen LogP contribution is -2.39. The van der Waals surface area contributed by atoms with Crippen molar-refractivity contribution in [2.75, 3.05) is 18.0 Å². The fraction of sp³-hybridized carbons (Fsp3) is 0.235. The van der Waals surface area contributed by atoms with Crippen LogP contribution in [0.4, 0.5) is 5.69 Å². The van der Waals surface area contributed by atoms with Crippen molar-refractivity contribution < 1.29 is 0 Å². The van der Waals surface area contributed by atoms with E-state index in [1.807, 2.05) is 18.2 Å². The second-order valence-electron chi connectivity index (χ2n) is 5.17. The quantitative estimate of drug-likeness (QED) is 0.910. The number of nitrogens with zero attached hydrogens (tertiary/aromatic N) is 2. The molecule has 4 heteroatoms. The molecule has 2 aromatic rings. The normalized spacial score (nSPS) is 17.2. The van der Waals surface area contributed by atoms with Gasteiger partial charge in [-0.2, -0.15) is 5.26 Å². The maximum Gasteiger partial charge on any atom is 0.101 e. The standard InChI is InChI=1S/C17H16BrN3/c18-14-5-6-16(13(9-14)10-19)21-8-7-12-3-1-2-4-15(12)17(21)11-20/h1-6,9,17H,7-8,11,20H2. The van der Waals surface area contributed by atoms with Crippen LogP contribution in [0.3, 0.4) is 0 Å². The van der Waals surface area contributed by atoms with Crippen LogP contribution < -0.4 is 10.6 Å². The van der Waals surface area contributed by atoms with Crippen molar-refractivity contribution in [3.8, 4) is 6.07 Å². The van der Waals surface area contributed by atoms with Gasteiger partial charge >= 0.3 is 0 Å². The predicted octanol–water partition coefficient (Wildman–Crippen LogP) is 3.38. The van der Waals surface area contributed by atoms with Gasteiger partial charge < -0.3 is 10.6 Å². The van der Waals surface area contributed by atoms with Crippen LogP contribution in [0.15, 0.2) is 46.9 Å². The lowest BCUT2D eigenvalue weighted by Gasteiger charge is -2.39. The summed E-state index contributed by atoms with van der Waals surface area (Å²) in [6, 6.07) is 16.7. The highest BCUT2D eigenvalue weighted by Gasteiger charge is 2.27. The topological polar surface area (TPSA) is 53.0 Å². The first-order valence-corrected chi connectivity index (χ1v) is 7.78. The summed E-state index contributed by atoms with van der Waals surface area (Å²) in [5, 5.41) is 9.40. The van der Waals surface area contributed by atoms with Gasteiger partial charge in [0.25, 0.3) is 0 Å². The van der Waals surface area contributed by atoms with Crippen molar-refractivity contribution in [3.05, 3.63) is 63.6 Å². The van der Waals surface area contributed by atoms with Gasteiger partial charge in [-0.05, 0) is 35.7 Å². The molecule has 0 aromatic heterocycles. The van der Waals surface area contributed by atoms with Gasteiger partial charge in [0.2, 0.25) is 0 Å². The Labute approximate surface area is 133 Å². The summed E-state index contributed by atoms with van der Waals surface area (Å²) < 4.78 is 0.921. The summed E-state index contributed by atoms with van der Waals surface area (Å²) in [6.45, 7) is 1.42. The van der Waals surface area contributed by atoms with E-state index in [-0.39, 0.29) is 6.04 Å². The Bertz CT molecular complexity index is 705. The molecule has 0 saturated heterocycles. The van der Waals surface area contributed by atoms with Gasteiger partial charge in [-0.25, -0.2) is 0 Å². The average molecular weight is 342 g/mol. The van der Waals surface area contributed by atoms with Crippen molar-refractivity contribution in [1.29, 1.82) is 5.26 Å². The number of hydrogen-bond acceptors (Lipinski definition) is 3. The largest absolute Gasteiger partial charge is 0.362 e. The highest BCUT2D eigenvalue weighted by atomic mass is 79.9. The number of anilines is 1. The minimum atomic E-state index is 0.128. The van der Waals surface area contributed by atoms with E-state index in [1.54, 1.807) is 0 Å². The SMILES string of the molecule is N#Cc1cc(Br)ccc1N1CCc2ccccc2C1CN. The molecule has 1 unspecified atom stereocenters. The third-order valence-corrected chi connectivity index (χ3v) is 4.52. The fourth-order valence-electron chi connectivity index (χ4n) is 3.04. The van der Waals surface area contributed by atoms with Crippen molar-refractivity contribution in [2.45, 2.75) is 12.5 Å². The van der Waals surface area contributed by atoms with E-state index in [4.69, 9.17) is 5.73 Å². The average Bonchev–Trinajstić information content (AvgIpc) is 2.53. The lowest BCUT2D eigenvalue weighted by molar-refractivity contribution is 0.590. The highest BCUT2D eigenvalue weighted by Crippen LogP contribution is 2.35. The van der Waals surface area contributed by atoms with E-state index in [9.17, 15) is 5.26 Å². The smallest absolute Gasteiger partial charge is 0.101 e. The zero-order valence-electron chi connectivity index (χ0n) is 11.6. The van der Waals surface area contributed by atoms with Gasteiger partial charge in [-0.1, -0.05) is 40.2 Å². The van der Waals surface area contributed by atoms with Crippen LogP contribution in [0.2, 0.25) is 0 Å². The van der Waals surface area contributed by atoms with Crippen LogP contribution in [0.1, 0.15) is 22.7 Å². The minimum Gasteiger partial charge on any atom is -0.362 e. The van der Waals surface area contributed by atoms with Crippen molar-refractivity contribution in [1.82, 2.24) is 0 Å². The highest BCUT2D eigenvalue weighted by molar-refractivity contribution is 9.10. The molecular weight excluding hydrogens is 326 g/mol. The monoisotopic (exact) mass is 341 g/mol. The molecule has 0 spiro atoms. The molecule has 3 nitrogen and oxygen atoms in total. The Hall–Kier alpha value is -1.83. The number of rotatable bonds is 2. The van der Waals surface area contributed by atoms with Crippen LogP contribution in [0, 0.1) is 11.3 Å². The van der Waals surface area contributed by atoms with Gasteiger partial charge in [-0.3, -0.25) is 0 Å². The Morgan fingerprint density at radius 1 is 1.29 bits per heavy atom. The second kappa shape index (κ2) is 5.88. The molecule has 1 atom stereocenters. The molecule has 0 amide bonds. The summed E-state index contributed by atoms with van der Waals surface area (Å²) in [4.78, 5) is 2.26.